The molecule has 0 spiro atoms. The number of allylic oxidation sites excluding steroid dienone is 2. The monoisotopic (exact) mass is 520 g/mol. The van der Waals surface area contributed by atoms with Gasteiger partial charge in [-0.3, -0.25) is 4.98 Å². The van der Waals surface area contributed by atoms with E-state index in [0.717, 1.165) is 76.1 Å². The van der Waals surface area contributed by atoms with E-state index in [4.69, 9.17) is 15.0 Å². The summed E-state index contributed by atoms with van der Waals surface area (Å²) >= 11 is 0. The summed E-state index contributed by atoms with van der Waals surface area (Å²) in [6.07, 6.45) is 3.80. The van der Waals surface area contributed by atoms with Gasteiger partial charge in [0.05, 0.1) is 5.69 Å². The Hall–Kier alpha value is -2.91. The number of hydrogen-bond donors (Lipinski definition) is 1. The molecule has 0 fully saturated rings. The molecular weight excluding hydrogens is 487 g/mol. The van der Waals surface area contributed by atoms with Gasteiger partial charge in [-0.2, -0.15) is 0 Å². The molecule has 8 bridgehead atoms. The number of aryl methyl sites for hydroxylation is 4. The number of aromatic nitrogens is 3. The van der Waals surface area contributed by atoms with E-state index in [2.05, 4.69) is 83.8 Å². The molecule has 5 rings (SSSR count). The molecule has 0 aliphatic carbocycles. The Morgan fingerprint density at radius 3 is 2.08 bits per heavy atom. The normalized spacial score (nSPS) is 13.1. The molecule has 1 N–H and O–H groups in total. The molecule has 5 heteroatoms. The van der Waals surface area contributed by atoms with Crippen molar-refractivity contribution in [2.24, 2.45) is 4.99 Å². The molecule has 0 aromatic carbocycles. The molecule has 4 nitrogen and oxygen atoms in total. The molecule has 5 heterocycles. The van der Waals surface area contributed by atoms with Gasteiger partial charge in [0.25, 0.3) is 0 Å². The molecule has 36 heavy (non-hydrogen) atoms. The summed E-state index contributed by atoms with van der Waals surface area (Å²) in [7, 11) is 0. The van der Waals surface area contributed by atoms with Gasteiger partial charge in [-0.05, 0) is 78.7 Å². The Morgan fingerprint density at radius 1 is 0.778 bits per heavy atom. The van der Waals surface area contributed by atoms with Crippen LogP contribution in [0, 0.1) is 13.0 Å². The average Bonchev–Trinajstić information content (AvgIpc) is 3.52. The summed E-state index contributed by atoms with van der Waals surface area (Å²) in [5, 5.41) is 0. The molecule has 0 radical (unpaired) electrons. The quantitative estimate of drug-likeness (QED) is 0.281. The van der Waals surface area contributed by atoms with Crippen LogP contribution in [0.3, 0.4) is 0 Å². The molecule has 0 atom stereocenters. The summed E-state index contributed by atoms with van der Waals surface area (Å²) in [5.74, 6) is 0. The molecule has 3 aromatic rings. The first-order valence-corrected chi connectivity index (χ1v) is 12.9. The van der Waals surface area contributed by atoms with Crippen molar-refractivity contribution in [2.75, 3.05) is 0 Å². The second-order valence-electron chi connectivity index (χ2n) is 9.49. The van der Waals surface area contributed by atoms with Crippen molar-refractivity contribution in [3.63, 3.8) is 0 Å². The molecule has 0 unspecified atom stereocenters. The van der Waals surface area contributed by atoms with Crippen LogP contribution in [0.1, 0.15) is 87.2 Å². The van der Waals surface area contributed by atoms with Crippen LogP contribution in [0.4, 0.5) is 5.69 Å². The molecular formula is C31H34N4Ni. The van der Waals surface area contributed by atoms with E-state index in [1.54, 1.807) is 0 Å². The number of aliphatic imine (C=N–C) groups is 1. The van der Waals surface area contributed by atoms with Crippen LogP contribution >= 0.6 is 0 Å². The van der Waals surface area contributed by atoms with Crippen LogP contribution in [0.5, 0.6) is 0 Å². The van der Waals surface area contributed by atoms with Gasteiger partial charge >= 0.3 is 16.5 Å². The summed E-state index contributed by atoms with van der Waals surface area (Å²) in [6.45, 7) is 15.3. The number of aromatic amines is 1. The largest absolute Gasteiger partial charge is 2.00 e. The van der Waals surface area contributed by atoms with Gasteiger partial charge in [0.1, 0.15) is 0 Å². The number of fused-ring (bicyclic) bond motifs is 8. The minimum absolute atomic E-state index is 0. The fourth-order valence-corrected chi connectivity index (χ4v) is 5.58. The van der Waals surface area contributed by atoms with Crippen LogP contribution in [0.25, 0.3) is 33.2 Å². The summed E-state index contributed by atoms with van der Waals surface area (Å²) in [5.41, 5.74) is 17.0. The predicted molar refractivity (Wildman–Crippen MR) is 149 cm³/mol. The average molecular weight is 521 g/mol. The van der Waals surface area contributed by atoms with Crippen molar-refractivity contribution in [3.8, 4) is 0 Å². The van der Waals surface area contributed by atoms with Gasteiger partial charge in [0.2, 0.25) is 0 Å². The maximum absolute atomic E-state index is 5.17. The first kappa shape index (κ1) is 26.2. The fraction of sp³-hybridized carbons (Fsp3) is 0.355. The van der Waals surface area contributed by atoms with Crippen LogP contribution in [0.15, 0.2) is 29.3 Å². The number of nitrogens with one attached hydrogen (secondary N) is 1. The third-order valence-corrected chi connectivity index (χ3v) is 7.53. The van der Waals surface area contributed by atoms with Crippen molar-refractivity contribution in [3.05, 3.63) is 69.5 Å². The van der Waals surface area contributed by atoms with Crippen molar-refractivity contribution in [2.45, 2.75) is 74.1 Å². The van der Waals surface area contributed by atoms with Gasteiger partial charge in [0, 0.05) is 11.2 Å². The van der Waals surface area contributed by atoms with Gasteiger partial charge in [-0.1, -0.05) is 63.9 Å². The SMILES string of the molecule is CCC1=C(C)c2cc3[c-]c(cc4[nH]c(cc5[n-]c(cc1n2)c(CC)c5CC)c(CC)c4C)C(C)=N3.[Ni+2]. The molecule has 3 aromatic heterocycles. The van der Waals surface area contributed by atoms with Gasteiger partial charge in [0.15, 0.2) is 0 Å². The third-order valence-electron chi connectivity index (χ3n) is 7.53. The second kappa shape index (κ2) is 10.2. The molecule has 2 aliphatic rings. The van der Waals surface area contributed by atoms with E-state index in [-0.39, 0.29) is 16.5 Å². The Morgan fingerprint density at radius 2 is 1.44 bits per heavy atom. The standard InChI is InChI=1S/C31H34N4.Ni/c1-8-22-17(5)26-13-20-12-21(32-19(20)7)14-27-18(6)23(9-2)29(34-27)16-31-25(11-4)24(10-3)30(35-31)15-28(22)33-26;/h13-16,33H,8-11H2,1-7H3;/q-2;+2. The summed E-state index contributed by atoms with van der Waals surface area (Å²) in [6, 6.07) is 12.2. The predicted octanol–water partition coefficient (Wildman–Crippen LogP) is 7.82. The summed E-state index contributed by atoms with van der Waals surface area (Å²) < 4.78 is 0. The van der Waals surface area contributed by atoms with Crippen LogP contribution in [-0.4, -0.2) is 15.7 Å². The Labute approximate surface area is 224 Å². The first-order chi connectivity index (χ1) is 16.9. The van der Waals surface area contributed by atoms with Crippen molar-refractivity contribution in [1.29, 1.82) is 0 Å². The third kappa shape index (κ3) is 4.28. The maximum Gasteiger partial charge on any atom is 2.00 e. The van der Waals surface area contributed by atoms with E-state index in [1.165, 1.54) is 33.4 Å². The first-order valence-electron chi connectivity index (χ1n) is 12.9. The van der Waals surface area contributed by atoms with E-state index in [1.807, 2.05) is 0 Å². The molecule has 2 aliphatic heterocycles. The molecule has 188 valence electrons. The van der Waals surface area contributed by atoms with E-state index >= 15 is 0 Å². The van der Waals surface area contributed by atoms with Crippen molar-refractivity contribution in [1.82, 2.24) is 15.0 Å². The number of H-pyrrole nitrogens is 1. The zero-order chi connectivity index (χ0) is 24.9. The molecule has 0 saturated heterocycles. The smallest absolute Gasteiger partial charge is 0.657 e. The minimum atomic E-state index is 0. The summed E-state index contributed by atoms with van der Waals surface area (Å²) in [4.78, 5) is 18.7. The van der Waals surface area contributed by atoms with Crippen molar-refractivity contribution >= 4 is 44.6 Å². The van der Waals surface area contributed by atoms with Gasteiger partial charge in [-0.25, -0.2) is 0 Å². The molecule has 0 saturated carbocycles. The maximum atomic E-state index is 5.17. The van der Waals surface area contributed by atoms with Gasteiger partial charge < -0.3 is 15.0 Å². The van der Waals surface area contributed by atoms with Crippen LogP contribution < -0.4 is 4.98 Å². The topological polar surface area (TPSA) is 55.1 Å². The van der Waals surface area contributed by atoms with Crippen LogP contribution in [0.2, 0.25) is 0 Å². The zero-order valence-electron chi connectivity index (χ0n) is 22.3. The minimum Gasteiger partial charge on any atom is -0.657 e. The van der Waals surface area contributed by atoms with E-state index in [9.17, 15) is 0 Å². The number of hydrogen-bond acceptors (Lipinski definition) is 2. The van der Waals surface area contributed by atoms with Gasteiger partial charge in [-0.15, -0.1) is 28.7 Å². The van der Waals surface area contributed by atoms with E-state index in [0.29, 0.717) is 0 Å². The zero-order valence-corrected chi connectivity index (χ0v) is 23.3. The van der Waals surface area contributed by atoms with Crippen LogP contribution in [-0.2, 0) is 35.8 Å². The van der Waals surface area contributed by atoms with Crippen molar-refractivity contribution < 1.29 is 16.5 Å². The fourth-order valence-electron chi connectivity index (χ4n) is 5.58. The number of rotatable bonds is 4. The Bertz CT molecular complexity index is 1560. The second-order valence-corrected chi connectivity index (χ2v) is 9.49. The Kier molecular flexibility index (Phi) is 7.43. The molecule has 0 amide bonds. The Balaban J connectivity index is 0.00000304. The number of nitrogens with zero attached hydrogens (tertiary/aromatic N) is 3. The van der Waals surface area contributed by atoms with E-state index < -0.39 is 0 Å².